The van der Waals surface area contributed by atoms with Crippen LogP contribution in [0.3, 0.4) is 0 Å². The van der Waals surface area contributed by atoms with Crippen LogP contribution in [0.5, 0.6) is 5.75 Å². The van der Waals surface area contributed by atoms with Crippen LogP contribution in [-0.4, -0.2) is 28.0 Å². The van der Waals surface area contributed by atoms with E-state index in [-0.39, 0.29) is 11.1 Å². The van der Waals surface area contributed by atoms with Gasteiger partial charge in [-0.05, 0) is 18.2 Å². The van der Waals surface area contributed by atoms with E-state index in [0.29, 0.717) is 16.8 Å². The molecule has 0 unspecified atom stereocenters. The minimum absolute atomic E-state index is 0.223. The lowest BCUT2D eigenvalue weighted by molar-refractivity contribution is -0.114. The number of imide groups is 1. The smallest absolute Gasteiger partial charge is 0.339 e. The Balaban J connectivity index is 1.93. The Morgan fingerprint density at radius 2 is 1.75 bits per heavy atom. The topological polar surface area (TPSA) is 116 Å². The lowest BCUT2D eigenvalue weighted by atomic mass is 9.96. The number of carboxylic acid groups (broad SMARTS) is 1. The number of hydrogen-bond donors (Lipinski definition) is 4. The third-order valence-electron chi connectivity index (χ3n) is 3.54. The maximum absolute atomic E-state index is 12.0. The SMILES string of the molecule is O=C1NC(=O)c2ccccc2C1=CNc1ccc(C(=O)O)c(O)c1. The number of carbonyl (C=O) groups excluding carboxylic acids is 2. The average molecular weight is 324 g/mol. The van der Waals surface area contributed by atoms with Gasteiger partial charge in [-0.15, -0.1) is 0 Å². The number of aromatic hydroxyl groups is 1. The van der Waals surface area contributed by atoms with Crippen molar-refractivity contribution >= 4 is 29.0 Å². The molecule has 7 heteroatoms. The molecular weight excluding hydrogens is 312 g/mol. The fourth-order valence-corrected chi connectivity index (χ4v) is 2.38. The summed E-state index contributed by atoms with van der Waals surface area (Å²) in [6.07, 6.45) is 1.40. The standard InChI is InChI=1S/C17H12N2O5/c20-14-7-9(5-6-12(14)17(23)24)18-8-13-10-3-1-2-4-11(10)15(21)19-16(13)22/h1-8,18,20H,(H,23,24)(H,19,21,22). The summed E-state index contributed by atoms with van der Waals surface area (Å²) in [6, 6.07) is 10.6. The predicted octanol–water partition coefficient (Wildman–Crippen LogP) is 1.81. The monoisotopic (exact) mass is 324 g/mol. The van der Waals surface area contributed by atoms with Crippen molar-refractivity contribution in [3.8, 4) is 5.75 Å². The van der Waals surface area contributed by atoms with Crippen molar-refractivity contribution in [3.05, 3.63) is 65.4 Å². The molecule has 0 bridgehead atoms. The minimum Gasteiger partial charge on any atom is -0.507 e. The fourth-order valence-electron chi connectivity index (χ4n) is 2.38. The maximum Gasteiger partial charge on any atom is 0.339 e. The van der Waals surface area contributed by atoms with Crippen molar-refractivity contribution in [2.24, 2.45) is 0 Å². The van der Waals surface area contributed by atoms with Crippen molar-refractivity contribution in [3.63, 3.8) is 0 Å². The summed E-state index contributed by atoms with van der Waals surface area (Å²) in [5.41, 5.74) is 1.30. The maximum atomic E-state index is 12.0. The number of amides is 2. The van der Waals surface area contributed by atoms with Crippen molar-refractivity contribution < 1.29 is 24.6 Å². The summed E-state index contributed by atoms with van der Waals surface area (Å²) in [4.78, 5) is 34.7. The van der Waals surface area contributed by atoms with Crippen LogP contribution in [0, 0.1) is 0 Å². The number of aromatic carboxylic acids is 1. The molecule has 0 aliphatic carbocycles. The molecule has 120 valence electrons. The van der Waals surface area contributed by atoms with Gasteiger partial charge in [0.25, 0.3) is 11.8 Å². The number of benzene rings is 2. The zero-order chi connectivity index (χ0) is 17.3. The Hall–Kier alpha value is -3.61. The highest BCUT2D eigenvalue weighted by Crippen LogP contribution is 2.25. The van der Waals surface area contributed by atoms with Crippen molar-refractivity contribution in [1.82, 2.24) is 5.32 Å². The van der Waals surface area contributed by atoms with Crippen LogP contribution in [0.2, 0.25) is 0 Å². The molecule has 1 aliphatic heterocycles. The number of anilines is 1. The van der Waals surface area contributed by atoms with Crippen molar-refractivity contribution in [2.45, 2.75) is 0 Å². The number of phenols is 1. The largest absolute Gasteiger partial charge is 0.507 e. The molecule has 0 aromatic heterocycles. The number of carboxylic acids is 1. The van der Waals surface area contributed by atoms with Gasteiger partial charge in [-0.2, -0.15) is 0 Å². The number of hydrogen-bond acceptors (Lipinski definition) is 5. The molecule has 3 rings (SSSR count). The lowest BCUT2D eigenvalue weighted by Crippen LogP contribution is -2.36. The zero-order valence-corrected chi connectivity index (χ0v) is 12.2. The highest BCUT2D eigenvalue weighted by molar-refractivity contribution is 6.31. The van der Waals surface area contributed by atoms with Gasteiger partial charge in [0.05, 0.1) is 5.57 Å². The van der Waals surface area contributed by atoms with Gasteiger partial charge in [0.1, 0.15) is 11.3 Å². The summed E-state index contributed by atoms with van der Waals surface area (Å²) >= 11 is 0. The molecule has 2 amide bonds. The number of carbonyl (C=O) groups is 3. The average Bonchev–Trinajstić information content (AvgIpc) is 2.54. The fraction of sp³-hybridized carbons (Fsp3) is 0. The Bertz CT molecular complexity index is 902. The number of rotatable bonds is 3. The normalized spacial score (nSPS) is 14.9. The van der Waals surface area contributed by atoms with Crippen LogP contribution in [0.25, 0.3) is 5.57 Å². The van der Waals surface area contributed by atoms with Crippen LogP contribution in [0.4, 0.5) is 5.69 Å². The summed E-state index contributed by atoms with van der Waals surface area (Å²) in [7, 11) is 0. The molecule has 0 spiro atoms. The second-order valence-corrected chi connectivity index (χ2v) is 5.07. The molecule has 1 aliphatic rings. The molecule has 1 heterocycles. The van der Waals surface area contributed by atoms with E-state index in [2.05, 4.69) is 10.6 Å². The van der Waals surface area contributed by atoms with Gasteiger partial charge >= 0.3 is 5.97 Å². The van der Waals surface area contributed by atoms with E-state index in [9.17, 15) is 19.5 Å². The molecule has 24 heavy (non-hydrogen) atoms. The minimum atomic E-state index is -1.24. The molecule has 0 radical (unpaired) electrons. The van der Waals surface area contributed by atoms with E-state index >= 15 is 0 Å². The highest BCUT2D eigenvalue weighted by Gasteiger charge is 2.26. The lowest BCUT2D eigenvalue weighted by Gasteiger charge is -2.18. The molecule has 7 nitrogen and oxygen atoms in total. The first-order valence-electron chi connectivity index (χ1n) is 6.95. The van der Waals surface area contributed by atoms with Crippen molar-refractivity contribution in [1.29, 1.82) is 0 Å². The Morgan fingerprint density at radius 1 is 1.04 bits per heavy atom. The van der Waals surface area contributed by atoms with Gasteiger partial charge in [0.15, 0.2) is 0 Å². The molecule has 2 aromatic carbocycles. The molecule has 4 N–H and O–H groups in total. The van der Waals surface area contributed by atoms with Crippen molar-refractivity contribution in [2.75, 3.05) is 5.32 Å². The Kier molecular flexibility index (Phi) is 3.75. The highest BCUT2D eigenvalue weighted by atomic mass is 16.4. The quantitative estimate of drug-likeness (QED) is 0.505. The number of fused-ring (bicyclic) bond motifs is 1. The molecule has 0 atom stereocenters. The van der Waals surface area contributed by atoms with Crippen LogP contribution in [-0.2, 0) is 4.79 Å². The van der Waals surface area contributed by atoms with Gasteiger partial charge in [-0.25, -0.2) is 4.79 Å². The van der Waals surface area contributed by atoms with E-state index in [4.69, 9.17) is 5.11 Å². The van der Waals surface area contributed by atoms with Gasteiger partial charge in [-0.3, -0.25) is 14.9 Å². The van der Waals surface area contributed by atoms with Crippen LogP contribution >= 0.6 is 0 Å². The van der Waals surface area contributed by atoms with E-state index < -0.39 is 23.5 Å². The van der Waals surface area contributed by atoms with E-state index in [1.165, 1.54) is 24.4 Å². The van der Waals surface area contributed by atoms with Gasteiger partial charge in [0, 0.05) is 29.1 Å². The first-order chi connectivity index (χ1) is 11.5. The van der Waals surface area contributed by atoms with Gasteiger partial charge < -0.3 is 15.5 Å². The third kappa shape index (κ3) is 2.70. The van der Waals surface area contributed by atoms with Gasteiger partial charge in [0.2, 0.25) is 0 Å². The first-order valence-corrected chi connectivity index (χ1v) is 6.95. The predicted molar refractivity (Wildman–Crippen MR) is 85.6 cm³/mol. The summed E-state index contributed by atoms with van der Waals surface area (Å²) < 4.78 is 0. The van der Waals surface area contributed by atoms with Crippen LogP contribution < -0.4 is 10.6 Å². The summed E-state index contributed by atoms with van der Waals surface area (Å²) in [5, 5.41) is 23.6. The molecule has 0 saturated heterocycles. The van der Waals surface area contributed by atoms with Crippen LogP contribution in [0.1, 0.15) is 26.3 Å². The van der Waals surface area contributed by atoms with E-state index in [1.54, 1.807) is 24.3 Å². The second-order valence-electron chi connectivity index (χ2n) is 5.07. The molecular formula is C17H12N2O5. The molecule has 2 aromatic rings. The van der Waals surface area contributed by atoms with Gasteiger partial charge in [-0.1, -0.05) is 18.2 Å². The molecule has 0 saturated carbocycles. The summed E-state index contributed by atoms with van der Waals surface area (Å²) in [6.45, 7) is 0. The Morgan fingerprint density at radius 3 is 2.42 bits per heavy atom. The zero-order valence-electron chi connectivity index (χ0n) is 12.2. The summed E-state index contributed by atoms with van der Waals surface area (Å²) in [5.74, 6) is -2.64. The Labute approximate surface area is 136 Å². The molecule has 0 fully saturated rings. The first kappa shape index (κ1) is 15.3. The number of nitrogens with one attached hydrogen (secondary N) is 2. The van der Waals surface area contributed by atoms with Crippen LogP contribution in [0.15, 0.2) is 48.7 Å². The second kappa shape index (κ2) is 5.88. The van der Waals surface area contributed by atoms with E-state index in [0.717, 1.165) is 0 Å². The third-order valence-corrected chi connectivity index (χ3v) is 3.54. The van der Waals surface area contributed by atoms with E-state index in [1.807, 2.05) is 0 Å².